The molecule has 0 aliphatic heterocycles. The number of unbranched alkanes of at least 4 members (excludes halogenated alkanes) is 29. The fourth-order valence-corrected chi connectivity index (χ4v) is 7.19. The smallest absolute Gasteiger partial charge is 0.306 e. The Bertz CT molecular complexity index is 737. The molecule has 0 radical (unpaired) electrons. The summed E-state index contributed by atoms with van der Waals surface area (Å²) in [6, 6.07) is 0. The lowest BCUT2D eigenvalue weighted by molar-refractivity contribution is -0.161. The summed E-state index contributed by atoms with van der Waals surface area (Å²) >= 11 is 0. The van der Waals surface area contributed by atoms with Gasteiger partial charge in [-0.2, -0.15) is 0 Å². The molecule has 0 aromatic heterocycles. The molecule has 0 saturated carbocycles. The van der Waals surface area contributed by atoms with E-state index < -0.39 is 6.10 Å². The second kappa shape index (κ2) is 41.1. The molecule has 0 aromatic carbocycles. The predicted octanol–water partition coefficient (Wildman–Crippen LogP) is 14.8. The third-order valence-electron chi connectivity index (χ3n) is 11.1. The molecular formula is C47H92O5. The summed E-state index contributed by atoms with van der Waals surface area (Å²) in [5.74, 6) is 1.19. The van der Waals surface area contributed by atoms with Gasteiger partial charge < -0.3 is 14.6 Å². The largest absolute Gasteiger partial charge is 0.462 e. The molecule has 5 nitrogen and oxygen atoms in total. The molecule has 1 unspecified atom stereocenters. The highest BCUT2D eigenvalue weighted by molar-refractivity contribution is 5.70. The number of rotatable bonds is 42. The Morgan fingerprint density at radius 3 is 1.08 bits per heavy atom. The zero-order valence-electron chi connectivity index (χ0n) is 35.7. The van der Waals surface area contributed by atoms with E-state index in [4.69, 9.17) is 9.47 Å². The normalized spacial score (nSPS) is 12.7. The van der Waals surface area contributed by atoms with Gasteiger partial charge in [0, 0.05) is 12.8 Å². The van der Waals surface area contributed by atoms with Crippen molar-refractivity contribution in [2.45, 2.75) is 265 Å². The van der Waals surface area contributed by atoms with Crippen molar-refractivity contribution in [1.29, 1.82) is 0 Å². The van der Waals surface area contributed by atoms with Crippen LogP contribution in [0.5, 0.6) is 0 Å². The lowest BCUT2D eigenvalue weighted by Crippen LogP contribution is -2.28. The lowest BCUT2D eigenvalue weighted by Gasteiger charge is -2.15. The highest BCUT2D eigenvalue weighted by atomic mass is 16.6. The first-order valence-corrected chi connectivity index (χ1v) is 23.3. The first kappa shape index (κ1) is 50.9. The van der Waals surface area contributed by atoms with Gasteiger partial charge in [0.05, 0.1) is 6.61 Å². The second-order valence-electron chi connectivity index (χ2n) is 16.9. The molecule has 2 atom stereocenters. The first-order valence-electron chi connectivity index (χ1n) is 23.3. The van der Waals surface area contributed by atoms with Gasteiger partial charge in [0.15, 0.2) is 6.10 Å². The Hall–Kier alpha value is -1.10. The minimum atomic E-state index is -0.763. The Balaban J connectivity index is 3.45. The van der Waals surface area contributed by atoms with E-state index in [1.54, 1.807) is 0 Å². The summed E-state index contributed by atoms with van der Waals surface area (Å²) in [6.07, 6.45) is 44.6. The third kappa shape index (κ3) is 40.1. The summed E-state index contributed by atoms with van der Waals surface area (Å²) in [6.45, 7) is 8.94. The molecule has 0 rings (SSSR count). The molecule has 310 valence electrons. The number of aliphatic hydroxyl groups excluding tert-OH is 1. The van der Waals surface area contributed by atoms with Crippen LogP contribution in [0.25, 0.3) is 0 Å². The minimum absolute atomic E-state index is 0.0576. The number of hydrogen-bond acceptors (Lipinski definition) is 5. The number of hydrogen-bond donors (Lipinski definition) is 1. The number of aliphatic hydroxyl groups is 1. The van der Waals surface area contributed by atoms with Crippen molar-refractivity contribution in [2.75, 3.05) is 13.2 Å². The molecule has 52 heavy (non-hydrogen) atoms. The maximum atomic E-state index is 12.2. The van der Waals surface area contributed by atoms with E-state index in [0.717, 1.165) is 43.9 Å². The Morgan fingerprint density at radius 2 is 0.750 bits per heavy atom. The van der Waals surface area contributed by atoms with Crippen LogP contribution in [-0.2, 0) is 19.1 Å². The van der Waals surface area contributed by atoms with Crippen molar-refractivity contribution in [3.05, 3.63) is 0 Å². The van der Waals surface area contributed by atoms with Crippen LogP contribution in [-0.4, -0.2) is 36.4 Å². The van der Waals surface area contributed by atoms with E-state index in [2.05, 4.69) is 27.7 Å². The van der Waals surface area contributed by atoms with Crippen molar-refractivity contribution < 1.29 is 24.2 Å². The van der Waals surface area contributed by atoms with Crippen LogP contribution >= 0.6 is 0 Å². The molecule has 0 aliphatic carbocycles. The van der Waals surface area contributed by atoms with E-state index in [1.165, 1.54) is 186 Å². The van der Waals surface area contributed by atoms with Gasteiger partial charge in [0.1, 0.15) is 6.61 Å². The van der Waals surface area contributed by atoms with E-state index >= 15 is 0 Å². The highest BCUT2D eigenvalue weighted by Crippen LogP contribution is 2.18. The molecule has 0 fully saturated rings. The second-order valence-corrected chi connectivity index (χ2v) is 16.9. The third-order valence-corrected chi connectivity index (χ3v) is 11.1. The predicted molar refractivity (Wildman–Crippen MR) is 224 cm³/mol. The SMILES string of the molecule is CCC(C)CCCCCCCCCCCCCCCCCCCCC(=O)OC[C@H](CO)OC(=O)CCCCCCCCCCCCCCCC(C)C. The van der Waals surface area contributed by atoms with Crippen molar-refractivity contribution in [2.24, 2.45) is 11.8 Å². The van der Waals surface area contributed by atoms with Gasteiger partial charge in [-0.3, -0.25) is 9.59 Å². The van der Waals surface area contributed by atoms with Crippen LogP contribution in [0.2, 0.25) is 0 Å². The molecule has 0 aliphatic rings. The van der Waals surface area contributed by atoms with Crippen molar-refractivity contribution >= 4 is 11.9 Å². The average molecular weight is 737 g/mol. The minimum Gasteiger partial charge on any atom is -0.462 e. The zero-order chi connectivity index (χ0) is 38.2. The fraction of sp³-hybridized carbons (Fsp3) is 0.957. The van der Waals surface area contributed by atoms with Crippen LogP contribution in [0.1, 0.15) is 259 Å². The molecule has 0 spiro atoms. The molecule has 0 aromatic rings. The summed E-state index contributed by atoms with van der Waals surface area (Å²) in [4.78, 5) is 24.4. The molecular weight excluding hydrogens is 645 g/mol. The topological polar surface area (TPSA) is 72.8 Å². The summed E-state index contributed by atoms with van der Waals surface area (Å²) in [5, 5.41) is 9.59. The Labute approximate surface area is 325 Å². The van der Waals surface area contributed by atoms with Gasteiger partial charge in [-0.05, 0) is 24.7 Å². The van der Waals surface area contributed by atoms with E-state index in [0.29, 0.717) is 12.8 Å². The summed E-state index contributed by atoms with van der Waals surface area (Å²) in [5.41, 5.74) is 0. The monoisotopic (exact) mass is 737 g/mol. The van der Waals surface area contributed by atoms with E-state index in [9.17, 15) is 14.7 Å². The molecule has 0 saturated heterocycles. The highest BCUT2D eigenvalue weighted by Gasteiger charge is 2.16. The number of esters is 2. The summed E-state index contributed by atoms with van der Waals surface area (Å²) < 4.78 is 10.7. The number of carbonyl (C=O) groups excluding carboxylic acids is 2. The van der Waals surface area contributed by atoms with Crippen LogP contribution in [0.15, 0.2) is 0 Å². The van der Waals surface area contributed by atoms with E-state index in [-0.39, 0.29) is 25.2 Å². The van der Waals surface area contributed by atoms with Gasteiger partial charge >= 0.3 is 11.9 Å². The van der Waals surface area contributed by atoms with Crippen LogP contribution in [0.3, 0.4) is 0 Å². The van der Waals surface area contributed by atoms with Crippen molar-refractivity contribution in [1.82, 2.24) is 0 Å². The number of ether oxygens (including phenoxy) is 2. The summed E-state index contributed by atoms with van der Waals surface area (Å²) in [7, 11) is 0. The maximum Gasteiger partial charge on any atom is 0.306 e. The fourth-order valence-electron chi connectivity index (χ4n) is 7.19. The quantitative estimate of drug-likeness (QED) is 0.0499. The zero-order valence-corrected chi connectivity index (χ0v) is 35.7. The standard InChI is InChI=1S/C47H92O5/c1-5-44(4)38-34-30-26-22-18-14-10-8-6-7-9-11-15-19-23-27-31-35-39-46(49)51-42-45(41-48)52-47(50)40-36-32-28-24-20-16-12-13-17-21-25-29-33-37-43(2)3/h43-45,48H,5-42H2,1-4H3/t44?,45-/m0/s1. The Kier molecular flexibility index (Phi) is 40.2. The van der Waals surface area contributed by atoms with Gasteiger partial charge in [-0.15, -0.1) is 0 Å². The Morgan fingerprint density at radius 1 is 0.442 bits per heavy atom. The molecule has 0 heterocycles. The number of carbonyl (C=O) groups is 2. The van der Waals surface area contributed by atoms with Gasteiger partial charge in [-0.1, -0.05) is 233 Å². The van der Waals surface area contributed by atoms with Crippen LogP contribution in [0.4, 0.5) is 0 Å². The van der Waals surface area contributed by atoms with Gasteiger partial charge in [0.25, 0.3) is 0 Å². The molecule has 5 heteroatoms. The van der Waals surface area contributed by atoms with Crippen LogP contribution < -0.4 is 0 Å². The van der Waals surface area contributed by atoms with Crippen molar-refractivity contribution in [3.63, 3.8) is 0 Å². The molecule has 0 amide bonds. The molecule has 0 bridgehead atoms. The lowest BCUT2D eigenvalue weighted by atomic mass is 9.99. The average Bonchev–Trinajstić information content (AvgIpc) is 3.13. The van der Waals surface area contributed by atoms with Crippen LogP contribution in [0, 0.1) is 11.8 Å². The molecule has 1 N–H and O–H groups in total. The first-order chi connectivity index (χ1) is 25.4. The maximum absolute atomic E-state index is 12.2. The van der Waals surface area contributed by atoms with Gasteiger partial charge in [-0.25, -0.2) is 0 Å². The van der Waals surface area contributed by atoms with Crippen molar-refractivity contribution in [3.8, 4) is 0 Å². The van der Waals surface area contributed by atoms with E-state index in [1.807, 2.05) is 0 Å². The van der Waals surface area contributed by atoms with Gasteiger partial charge in [0.2, 0.25) is 0 Å².